The molecular weight excluding hydrogens is 218 g/mol. The normalized spacial score (nSPS) is 11.3. The fraction of sp³-hybridized carbons (Fsp3) is 0.462. The number of thiol groups is 1. The lowest BCUT2D eigenvalue weighted by Crippen LogP contribution is -2.34. The highest BCUT2D eigenvalue weighted by Gasteiger charge is 2.18. The maximum atomic E-state index is 12.1. The number of amides is 1. The van der Waals surface area contributed by atoms with E-state index < -0.39 is 0 Å². The molecular formula is C13H19NOS. The average Bonchev–Trinajstić information content (AvgIpc) is 2.14. The van der Waals surface area contributed by atoms with Gasteiger partial charge in [-0.1, -0.05) is 26.8 Å². The Hall–Kier alpha value is -0.960. The van der Waals surface area contributed by atoms with Crippen LogP contribution in [0.2, 0.25) is 0 Å². The lowest BCUT2D eigenvalue weighted by molar-refractivity contribution is 0.0745. The van der Waals surface area contributed by atoms with Crippen molar-refractivity contribution in [2.75, 3.05) is 13.6 Å². The van der Waals surface area contributed by atoms with E-state index in [1.807, 2.05) is 25.2 Å². The molecule has 0 saturated carbocycles. The summed E-state index contributed by atoms with van der Waals surface area (Å²) in [5, 5.41) is 0. The summed E-state index contributed by atoms with van der Waals surface area (Å²) in [6.07, 6.45) is 0. The highest BCUT2D eigenvalue weighted by Crippen LogP contribution is 2.17. The van der Waals surface area contributed by atoms with Gasteiger partial charge in [-0.15, -0.1) is 12.6 Å². The summed E-state index contributed by atoms with van der Waals surface area (Å²) in [6.45, 7) is 7.09. The first-order chi connectivity index (χ1) is 7.29. The summed E-state index contributed by atoms with van der Waals surface area (Å²) in [7, 11) is 1.83. The van der Waals surface area contributed by atoms with Crippen molar-refractivity contribution in [1.82, 2.24) is 4.90 Å². The molecule has 0 unspecified atom stereocenters. The van der Waals surface area contributed by atoms with E-state index in [9.17, 15) is 4.79 Å². The van der Waals surface area contributed by atoms with Gasteiger partial charge >= 0.3 is 0 Å². The van der Waals surface area contributed by atoms with Gasteiger partial charge in [0.1, 0.15) is 0 Å². The zero-order valence-electron chi connectivity index (χ0n) is 10.3. The molecule has 3 heteroatoms. The molecule has 0 heterocycles. The van der Waals surface area contributed by atoms with Gasteiger partial charge in [0.2, 0.25) is 0 Å². The molecule has 0 radical (unpaired) electrons. The number of carbonyl (C=O) groups excluding carboxylic acids is 1. The first-order valence-electron chi connectivity index (χ1n) is 5.34. The van der Waals surface area contributed by atoms with Crippen molar-refractivity contribution in [3.05, 3.63) is 29.8 Å². The lowest BCUT2D eigenvalue weighted by Gasteiger charge is -2.26. The summed E-state index contributed by atoms with van der Waals surface area (Å²) >= 11 is 4.23. The highest BCUT2D eigenvalue weighted by molar-refractivity contribution is 7.80. The van der Waals surface area contributed by atoms with Crippen molar-refractivity contribution >= 4 is 18.5 Å². The van der Waals surface area contributed by atoms with Gasteiger partial charge in [-0.25, -0.2) is 0 Å². The third-order valence-electron chi connectivity index (χ3n) is 2.15. The smallest absolute Gasteiger partial charge is 0.253 e. The van der Waals surface area contributed by atoms with Gasteiger partial charge in [0, 0.05) is 24.1 Å². The highest BCUT2D eigenvalue weighted by atomic mass is 32.1. The van der Waals surface area contributed by atoms with E-state index in [0.717, 1.165) is 11.4 Å². The topological polar surface area (TPSA) is 20.3 Å². The minimum absolute atomic E-state index is 0.0471. The van der Waals surface area contributed by atoms with E-state index in [4.69, 9.17) is 0 Å². The van der Waals surface area contributed by atoms with Gasteiger partial charge < -0.3 is 4.90 Å². The number of benzene rings is 1. The van der Waals surface area contributed by atoms with Crippen LogP contribution in [0.5, 0.6) is 0 Å². The molecule has 0 aliphatic rings. The SMILES string of the molecule is CN(CC(C)(C)C)C(=O)c1cccc(S)c1. The molecule has 0 aliphatic heterocycles. The van der Waals surface area contributed by atoms with Crippen LogP contribution in [0, 0.1) is 5.41 Å². The van der Waals surface area contributed by atoms with Crippen molar-refractivity contribution in [2.45, 2.75) is 25.7 Å². The molecule has 1 aromatic rings. The fourth-order valence-electron chi connectivity index (χ4n) is 1.64. The maximum Gasteiger partial charge on any atom is 0.253 e. The molecule has 0 N–H and O–H groups in total. The molecule has 88 valence electrons. The quantitative estimate of drug-likeness (QED) is 0.784. The van der Waals surface area contributed by atoms with Gasteiger partial charge in [-0.3, -0.25) is 4.79 Å². The molecule has 0 bridgehead atoms. The van der Waals surface area contributed by atoms with Crippen LogP contribution in [0.3, 0.4) is 0 Å². The molecule has 1 rings (SSSR count). The minimum Gasteiger partial charge on any atom is -0.341 e. The molecule has 16 heavy (non-hydrogen) atoms. The van der Waals surface area contributed by atoms with E-state index in [2.05, 4.69) is 33.4 Å². The van der Waals surface area contributed by atoms with Gasteiger partial charge in [0.25, 0.3) is 5.91 Å². The second-order valence-corrected chi connectivity index (χ2v) is 5.79. The predicted octanol–water partition coefficient (Wildman–Crippen LogP) is 3.09. The van der Waals surface area contributed by atoms with Crippen LogP contribution in [0.15, 0.2) is 29.2 Å². The van der Waals surface area contributed by atoms with Crippen LogP contribution in [-0.2, 0) is 0 Å². The molecule has 0 fully saturated rings. The Morgan fingerprint density at radius 3 is 2.50 bits per heavy atom. The summed E-state index contributed by atoms with van der Waals surface area (Å²) in [6, 6.07) is 7.33. The fourth-order valence-corrected chi connectivity index (χ4v) is 1.87. The van der Waals surface area contributed by atoms with E-state index in [1.54, 1.807) is 11.0 Å². The Kier molecular flexibility index (Phi) is 4.03. The number of nitrogens with zero attached hydrogens (tertiary/aromatic N) is 1. The first kappa shape index (κ1) is 13.1. The Morgan fingerprint density at radius 1 is 1.38 bits per heavy atom. The van der Waals surface area contributed by atoms with E-state index in [0.29, 0.717) is 5.56 Å². The zero-order chi connectivity index (χ0) is 12.3. The van der Waals surface area contributed by atoms with Gasteiger partial charge in [0.05, 0.1) is 0 Å². The first-order valence-corrected chi connectivity index (χ1v) is 5.79. The molecule has 0 aliphatic carbocycles. The van der Waals surface area contributed by atoms with Gasteiger partial charge in [-0.05, 0) is 23.6 Å². The second-order valence-electron chi connectivity index (χ2n) is 5.27. The monoisotopic (exact) mass is 237 g/mol. The number of hydrogen-bond acceptors (Lipinski definition) is 2. The Bertz CT molecular complexity index is 382. The van der Waals surface area contributed by atoms with Gasteiger partial charge in [-0.2, -0.15) is 0 Å². The third kappa shape index (κ3) is 3.89. The van der Waals surface area contributed by atoms with Crippen molar-refractivity contribution in [2.24, 2.45) is 5.41 Å². The second kappa shape index (κ2) is 4.91. The average molecular weight is 237 g/mol. The molecule has 0 spiro atoms. The summed E-state index contributed by atoms with van der Waals surface area (Å²) in [4.78, 5) is 14.6. The predicted molar refractivity (Wildman–Crippen MR) is 70.1 cm³/mol. The van der Waals surface area contributed by atoms with Crippen molar-refractivity contribution in [3.63, 3.8) is 0 Å². The van der Waals surface area contributed by atoms with Crippen molar-refractivity contribution in [1.29, 1.82) is 0 Å². The summed E-state index contributed by atoms with van der Waals surface area (Å²) in [5.41, 5.74) is 0.808. The molecule has 0 atom stereocenters. The largest absolute Gasteiger partial charge is 0.341 e. The lowest BCUT2D eigenvalue weighted by atomic mass is 9.96. The molecule has 1 aromatic carbocycles. The van der Waals surface area contributed by atoms with Crippen LogP contribution in [0.25, 0.3) is 0 Å². The van der Waals surface area contributed by atoms with E-state index in [1.165, 1.54) is 0 Å². The van der Waals surface area contributed by atoms with E-state index in [-0.39, 0.29) is 11.3 Å². The van der Waals surface area contributed by atoms with Crippen molar-refractivity contribution < 1.29 is 4.79 Å². The summed E-state index contributed by atoms with van der Waals surface area (Å²) < 4.78 is 0. The van der Waals surface area contributed by atoms with Crippen LogP contribution in [-0.4, -0.2) is 24.4 Å². The van der Waals surface area contributed by atoms with Gasteiger partial charge in [0.15, 0.2) is 0 Å². The molecule has 2 nitrogen and oxygen atoms in total. The van der Waals surface area contributed by atoms with Crippen LogP contribution in [0.1, 0.15) is 31.1 Å². The molecule has 0 aromatic heterocycles. The third-order valence-corrected chi connectivity index (χ3v) is 2.43. The Morgan fingerprint density at radius 2 is 2.00 bits per heavy atom. The zero-order valence-corrected chi connectivity index (χ0v) is 11.2. The Balaban J connectivity index is 2.78. The Labute approximate surface area is 103 Å². The van der Waals surface area contributed by atoms with Crippen LogP contribution < -0.4 is 0 Å². The number of rotatable bonds is 2. The van der Waals surface area contributed by atoms with E-state index >= 15 is 0 Å². The molecule has 1 amide bonds. The standard InChI is InChI=1S/C13H19NOS/c1-13(2,3)9-14(4)12(15)10-6-5-7-11(16)8-10/h5-8,16H,9H2,1-4H3. The maximum absolute atomic E-state index is 12.1. The molecule has 0 saturated heterocycles. The van der Waals surface area contributed by atoms with Crippen molar-refractivity contribution in [3.8, 4) is 0 Å². The number of carbonyl (C=O) groups is 1. The van der Waals surface area contributed by atoms with Crippen LogP contribution in [0.4, 0.5) is 0 Å². The van der Waals surface area contributed by atoms with Crippen LogP contribution >= 0.6 is 12.6 Å². The summed E-state index contributed by atoms with van der Waals surface area (Å²) in [5.74, 6) is 0.0471. The number of hydrogen-bond donors (Lipinski definition) is 1. The minimum atomic E-state index is 0.0471.